The molecule has 0 radical (unpaired) electrons. The summed E-state index contributed by atoms with van der Waals surface area (Å²) in [5, 5.41) is 12.7. The summed E-state index contributed by atoms with van der Waals surface area (Å²) < 4.78 is 0. The van der Waals surface area contributed by atoms with Gasteiger partial charge in [0.2, 0.25) is 0 Å². The van der Waals surface area contributed by atoms with Gasteiger partial charge in [0.1, 0.15) is 0 Å². The summed E-state index contributed by atoms with van der Waals surface area (Å²) in [6.07, 6.45) is 1.84. The Morgan fingerprint density at radius 2 is 2.00 bits per heavy atom. The van der Waals surface area contributed by atoms with Gasteiger partial charge in [0, 0.05) is 18.8 Å². The molecule has 22 heavy (non-hydrogen) atoms. The summed E-state index contributed by atoms with van der Waals surface area (Å²) in [6, 6.07) is 5.77. The van der Waals surface area contributed by atoms with Gasteiger partial charge in [-0.15, -0.1) is 0 Å². The molecule has 0 bridgehead atoms. The van der Waals surface area contributed by atoms with Crippen molar-refractivity contribution in [2.24, 2.45) is 0 Å². The van der Waals surface area contributed by atoms with Crippen LogP contribution in [0.2, 0.25) is 0 Å². The van der Waals surface area contributed by atoms with Crippen LogP contribution in [0, 0.1) is 6.92 Å². The van der Waals surface area contributed by atoms with Crippen molar-refractivity contribution in [3.05, 3.63) is 29.3 Å². The monoisotopic (exact) mass is 304 g/mol. The number of nitrogens with one attached hydrogen (secondary N) is 1. The van der Waals surface area contributed by atoms with Crippen LogP contribution in [0.4, 0.5) is 5.69 Å². The second-order valence-electron chi connectivity index (χ2n) is 5.89. The molecular formula is C17H24N2O3. The number of hydrogen-bond donors (Lipinski definition) is 2. The molecule has 1 aromatic rings. The highest BCUT2D eigenvalue weighted by Crippen LogP contribution is 2.30. The number of carbonyl (C=O) groups excluding carboxylic acids is 2. The van der Waals surface area contributed by atoms with Gasteiger partial charge in [-0.2, -0.15) is 0 Å². The largest absolute Gasteiger partial charge is 0.388 e. The lowest BCUT2D eigenvalue weighted by molar-refractivity contribution is -0.138. The summed E-state index contributed by atoms with van der Waals surface area (Å²) in [5.41, 5.74) is 2.14. The highest BCUT2D eigenvalue weighted by molar-refractivity contribution is 6.40. The molecule has 1 heterocycles. The third-order valence-electron chi connectivity index (χ3n) is 4.60. The molecule has 5 heteroatoms. The number of carbonyl (C=O) groups is 2. The van der Waals surface area contributed by atoms with E-state index < -0.39 is 17.4 Å². The number of rotatable bonds is 4. The second-order valence-corrected chi connectivity index (χ2v) is 5.89. The fraction of sp³-hybridized carbons (Fsp3) is 0.529. The predicted octanol–water partition coefficient (Wildman–Crippen LogP) is 1.55. The highest BCUT2D eigenvalue weighted by atomic mass is 16.3. The molecular weight excluding hydrogens is 280 g/mol. The molecule has 1 aliphatic heterocycles. The molecule has 0 fully saturated rings. The van der Waals surface area contributed by atoms with Gasteiger partial charge in [-0.25, -0.2) is 0 Å². The van der Waals surface area contributed by atoms with Crippen molar-refractivity contribution in [1.29, 1.82) is 0 Å². The van der Waals surface area contributed by atoms with Crippen molar-refractivity contribution in [2.75, 3.05) is 18.0 Å². The van der Waals surface area contributed by atoms with Crippen LogP contribution in [-0.4, -0.2) is 35.6 Å². The number of nitrogens with zero attached hydrogens (tertiary/aromatic N) is 1. The van der Waals surface area contributed by atoms with Gasteiger partial charge in [-0.3, -0.25) is 9.59 Å². The molecule has 2 rings (SSSR count). The van der Waals surface area contributed by atoms with Crippen LogP contribution in [0.25, 0.3) is 0 Å². The van der Waals surface area contributed by atoms with Crippen LogP contribution in [-0.2, 0) is 16.0 Å². The minimum absolute atomic E-state index is 0.0963. The first-order valence-electron chi connectivity index (χ1n) is 7.82. The molecule has 0 unspecified atom stereocenters. The van der Waals surface area contributed by atoms with E-state index in [2.05, 4.69) is 5.32 Å². The zero-order valence-corrected chi connectivity index (χ0v) is 13.5. The van der Waals surface area contributed by atoms with E-state index in [0.717, 1.165) is 23.2 Å². The maximum Gasteiger partial charge on any atom is 0.316 e. The van der Waals surface area contributed by atoms with E-state index in [1.54, 1.807) is 0 Å². The molecule has 0 aromatic heterocycles. The minimum Gasteiger partial charge on any atom is -0.388 e. The lowest BCUT2D eigenvalue weighted by Gasteiger charge is -2.25. The summed E-state index contributed by atoms with van der Waals surface area (Å²) in [4.78, 5) is 26.0. The topological polar surface area (TPSA) is 69.6 Å². The first-order chi connectivity index (χ1) is 10.4. The first kappa shape index (κ1) is 16.5. The smallest absolute Gasteiger partial charge is 0.316 e. The van der Waals surface area contributed by atoms with Crippen LogP contribution >= 0.6 is 0 Å². The van der Waals surface area contributed by atoms with E-state index in [0.29, 0.717) is 19.4 Å². The summed E-state index contributed by atoms with van der Waals surface area (Å²) >= 11 is 0. The molecule has 2 amide bonds. The number of aliphatic hydroxyl groups is 1. The highest BCUT2D eigenvalue weighted by Gasteiger charge is 2.31. The Balaban J connectivity index is 2.05. The van der Waals surface area contributed by atoms with Crippen LogP contribution in [0.15, 0.2) is 18.2 Å². The quantitative estimate of drug-likeness (QED) is 0.829. The van der Waals surface area contributed by atoms with Crippen molar-refractivity contribution < 1.29 is 14.7 Å². The zero-order valence-electron chi connectivity index (χ0n) is 13.5. The standard InChI is InChI=1S/C17H24N2O3/c1-4-17(22,5-2)11-18-15(20)16(21)19-10-9-13-12(3)7-6-8-14(13)19/h6-8,22H,4-5,9-11H2,1-3H3,(H,18,20). The fourth-order valence-corrected chi connectivity index (χ4v) is 2.76. The number of benzene rings is 1. The Kier molecular flexibility index (Phi) is 4.86. The molecule has 1 aliphatic rings. The molecule has 2 N–H and O–H groups in total. The van der Waals surface area contributed by atoms with E-state index >= 15 is 0 Å². The van der Waals surface area contributed by atoms with E-state index in [4.69, 9.17) is 0 Å². The Labute approximate surface area is 131 Å². The maximum atomic E-state index is 12.3. The number of anilines is 1. The SMILES string of the molecule is CCC(O)(CC)CNC(=O)C(=O)N1CCc2c(C)cccc21. The van der Waals surface area contributed by atoms with Crippen LogP contribution in [0.3, 0.4) is 0 Å². The third kappa shape index (κ3) is 3.14. The van der Waals surface area contributed by atoms with Gasteiger partial charge >= 0.3 is 11.8 Å². The van der Waals surface area contributed by atoms with E-state index in [-0.39, 0.29) is 6.54 Å². The average molecular weight is 304 g/mol. The van der Waals surface area contributed by atoms with Crippen LogP contribution in [0.1, 0.15) is 37.8 Å². The molecule has 0 atom stereocenters. The molecule has 0 spiro atoms. The Bertz CT molecular complexity index is 579. The van der Waals surface area contributed by atoms with Crippen molar-refractivity contribution in [3.8, 4) is 0 Å². The molecule has 1 aromatic carbocycles. The van der Waals surface area contributed by atoms with Crippen LogP contribution < -0.4 is 10.2 Å². The molecule has 0 saturated carbocycles. The molecule has 120 valence electrons. The van der Waals surface area contributed by atoms with E-state index in [9.17, 15) is 14.7 Å². The van der Waals surface area contributed by atoms with Gasteiger partial charge in [0.15, 0.2) is 0 Å². The summed E-state index contributed by atoms with van der Waals surface area (Å²) in [5.74, 6) is -1.21. The predicted molar refractivity (Wildman–Crippen MR) is 85.8 cm³/mol. The van der Waals surface area contributed by atoms with Gasteiger partial charge < -0.3 is 15.3 Å². The Morgan fingerprint density at radius 3 is 2.64 bits per heavy atom. The summed E-state index contributed by atoms with van der Waals surface area (Å²) in [7, 11) is 0. The van der Waals surface area contributed by atoms with Gasteiger partial charge in [-0.05, 0) is 43.4 Å². The maximum absolute atomic E-state index is 12.3. The van der Waals surface area contributed by atoms with Crippen molar-refractivity contribution in [2.45, 2.75) is 45.6 Å². The van der Waals surface area contributed by atoms with Crippen molar-refractivity contribution >= 4 is 17.5 Å². The lowest BCUT2D eigenvalue weighted by atomic mass is 9.98. The number of fused-ring (bicyclic) bond motifs is 1. The first-order valence-corrected chi connectivity index (χ1v) is 7.82. The van der Waals surface area contributed by atoms with E-state index in [1.165, 1.54) is 4.90 Å². The van der Waals surface area contributed by atoms with Gasteiger partial charge in [0.25, 0.3) is 0 Å². The Hall–Kier alpha value is -1.88. The lowest BCUT2D eigenvalue weighted by Crippen LogP contribution is -2.48. The van der Waals surface area contributed by atoms with Crippen molar-refractivity contribution in [3.63, 3.8) is 0 Å². The number of aryl methyl sites for hydroxylation is 1. The Morgan fingerprint density at radius 1 is 1.32 bits per heavy atom. The van der Waals surface area contributed by atoms with E-state index in [1.807, 2.05) is 39.0 Å². The summed E-state index contributed by atoms with van der Waals surface area (Å²) in [6.45, 7) is 6.35. The van der Waals surface area contributed by atoms with Crippen molar-refractivity contribution in [1.82, 2.24) is 5.32 Å². The second kappa shape index (κ2) is 6.48. The van der Waals surface area contributed by atoms with Crippen LogP contribution in [0.5, 0.6) is 0 Å². The fourth-order valence-electron chi connectivity index (χ4n) is 2.76. The molecule has 0 saturated heterocycles. The van der Waals surface area contributed by atoms with Gasteiger partial charge in [0.05, 0.1) is 5.60 Å². The third-order valence-corrected chi connectivity index (χ3v) is 4.60. The van der Waals surface area contributed by atoms with Gasteiger partial charge in [-0.1, -0.05) is 26.0 Å². The number of hydrogen-bond acceptors (Lipinski definition) is 3. The molecule has 5 nitrogen and oxygen atoms in total. The normalized spacial score (nSPS) is 13.9. The average Bonchev–Trinajstić information content (AvgIpc) is 2.97. The minimum atomic E-state index is -0.949. The number of amides is 2. The zero-order chi connectivity index (χ0) is 16.3. The molecule has 0 aliphatic carbocycles.